The Bertz CT molecular complexity index is 266. The van der Waals surface area contributed by atoms with Gasteiger partial charge in [-0.25, -0.2) is 9.67 Å². The molecule has 0 aromatic carbocycles. The highest BCUT2D eigenvalue weighted by Crippen LogP contribution is 2.13. The lowest BCUT2D eigenvalue weighted by atomic mass is 10.5. The standard InChI is InChI=1S/C9H18N4OS/c1-13-9(11-8-12-13)15-7-3-4-10-5-6-14-2/h8,10H,3-7H2,1-2H3. The van der Waals surface area contributed by atoms with Crippen LogP contribution in [0.4, 0.5) is 0 Å². The normalized spacial score (nSPS) is 10.8. The van der Waals surface area contributed by atoms with Crippen molar-refractivity contribution in [3.05, 3.63) is 6.33 Å². The number of rotatable bonds is 8. The van der Waals surface area contributed by atoms with E-state index < -0.39 is 0 Å². The molecular formula is C9H18N4OS. The van der Waals surface area contributed by atoms with E-state index in [1.165, 1.54) is 0 Å². The van der Waals surface area contributed by atoms with E-state index in [0.29, 0.717) is 0 Å². The number of nitrogens with one attached hydrogen (secondary N) is 1. The Kier molecular flexibility index (Phi) is 6.38. The molecule has 0 aliphatic heterocycles. The third kappa shape index (κ3) is 5.15. The van der Waals surface area contributed by atoms with E-state index in [1.54, 1.807) is 29.9 Å². The van der Waals surface area contributed by atoms with Crippen LogP contribution in [0.25, 0.3) is 0 Å². The monoisotopic (exact) mass is 230 g/mol. The number of aryl methyl sites for hydroxylation is 1. The summed E-state index contributed by atoms with van der Waals surface area (Å²) in [5, 5.41) is 8.29. The fraction of sp³-hybridized carbons (Fsp3) is 0.778. The summed E-state index contributed by atoms with van der Waals surface area (Å²) in [5.74, 6) is 1.06. The van der Waals surface area contributed by atoms with Crippen LogP contribution in [0.2, 0.25) is 0 Å². The molecule has 0 fully saturated rings. The summed E-state index contributed by atoms with van der Waals surface area (Å²) in [5.41, 5.74) is 0. The molecule has 0 aliphatic carbocycles. The first-order valence-electron chi connectivity index (χ1n) is 5.01. The zero-order chi connectivity index (χ0) is 10.9. The van der Waals surface area contributed by atoms with Crippen molar-refractivity contribution in [1.82, 2.24) is 20.1 Å². The zero-order valence-corrected chi connectivity index (χ0v) is 10.1. The average Bonchev–Trinajstić information content (AvgIpc) is 2.63. The van der Waals surface area contributed by atoms with Crippen LogP contribution in [0, 0.1) is 0 Å². The SMILES string of the molecule is COCCNCCCSc1ncnn1C. The summed E-state index contributed by atoms with van der Waals surface area (Å²) >= 11 is 1.74. The first kappa shape index (κ1) is 12.5. The highest BCUT2D eigenvalue weighted by atomic mass is 32.2. The summed E-state index contributed by atoms with van der Waals surface area (Å²) in [6.07, 6.45) is 2.71. The molecule has 0 aliphatic rings. The summed E-state index contributed by atoms with van der Waals surface area (Å²) in [7, 11) is 3.62. The lowest BCUT2D eigenvalue weighted by molar-refractivity contribution is 0.199. The fourth-order valence-corrected chi connectivity index (χ4v) is 1.90. The van der Waals surface area contributed by atoms with Crippen molar-refractivity contribution in [2.45, 2.75) is 11.6 Å². The third-order valence-electron chi connectivity index (χ3n) is 1.88. The van der Waals surface area contributed by atoms with Crippen LogP contribution in [0.1, 0.15) is 6.42 Å². The molecule has 0 atom stereocenters. The molecule has 6 heteroatoms. The number of thioether (sulfide) groups is 1. The van der Waals surface area contributed by atoms with Gasteiger partial charge in [0.2, 0.25) is 0 Å². The van der Waals surface area contributed by atoms with Crippen molar-refractivity contribution in [2.75, 3.05) is 32.6 Å². The maximum atomic E-state index is 4.93. The van der Waals surface area contributed by atoms with Gasteiger partial charge in [-0.2, -0.15) is 5.10 Å². The van der Waals surface area contributed by atoms with Gasteiger partial charge in [-0.1, -0.05) is 11.8 Å². The van der Waals surface area contributed by atoms with Crippen LogP contribution >= 0.6 is 11.8 Å². The van der Waals surface area contributed by atoms with Crippen LogP contribution in [0.3, 0.4) is 0 Å². The number of nitrogens with zero attached hydrogens (tertiary/aromatic N) is 3. The van der Waals surface area contributed by atoms with E-state index in [-0.39, 0.29) is 0 Å². The summed E-state index contributed by atoms with van der Waals surface area (Å²) in [6.45, 7) is 2.72. The van der Waals surface area contributed by atoms with Gasteiger partial charge in [0.05, 0.1) is 6.61 Å². The lowest BCUT2D eigenvalue weighted by Gasteiger charge is -2.03. The third-order valence-corrected chi connectivity index (χ3v) is 3.00. The molecule has 0 unspecified atom stereocenters. The van der Waals surface area contributed by atoms with Gasteiger partial charge in [0, 0.05) is 26.5 Å². The van der Waals surface area contributed by atoms with Gasteiger partial charge in [-0.15, -0.1) is 0 Å². The Labute approximate surface area is 94.6 Å². The first-order valence-corrected chi connectivity index (χ1v) is 5.99. The maximum absolute atomic E-state index is 4.93. The van der Waals surface area contributed by atoms with Crippen molar-refractivity contribution >= 4 is 11.8 Å². The van der Waals surface area contributed by atoms with Gasteiger partial charge in [-0.05, 0) is 13.0 Å². The van der Waals surface area contributed by atoms with Gasteiger partial charge in [0.15, 0.2) is 5.16 Å². The molecule has 0 saturated heterocycles. The molecule has 15 heavy (non-hydrogen) atoms. The molecule has 1 aromatic heterocycles. The van der Waals surface area contributed by atoms with Crippen LogP contribution in [-0.4, -0.2) is 47.3 Å². The predicted octanol–water partition coefficient (Wildman–Crippen LogP) is 0.533. The van der Waals surface area contributed by atoms with E-state index in [4.69, 9.17) is 4.74 Å². The lowest BCUT2D eigenvalue weighted by Crippen LogP contribution is -2.20. The zero-order valence-electron chi connectivity index (χ0n) is 9.27. The van der Waals surface area contributed by atoms with Gasteiger partial charge in [0.25, 0.3) is 0 Å². The molecule has 0 saturated carbocycles. The van der Waals surface area contributed by atoms with E-state index in [1.807, 2.05) is 7.05 Å². The second kappa shape index (κ2) is 7.67. The van der Waals surface area contributed by atoms with Crippen LogP contribution in [-0.2, 0) is 11.8 Å². The van der Waals surface area contributed by atoms with Crippen LogP contribution in [0.5, 0.6) is 0 Å². The summed E-state index contributed by atoms with van der Waals surface area (Å²) < 4.78 is 6.73. The fourth-order valence-electron chi connectivity index (χ4n) is 1.08. The van der Waals surface area contributed by atoms with E-state index in [9.17, 15) is 0 Å². The minimum absolute atomic E-state index is 0.774. The van der Waals surface area contributed by atoms with Crippen molar-refractivity contribution in [2.24, 2.45) is 7.05 Å². The Hall–Kier alpha value is -0.590. The second-order valence-corrected chi connectivity index (χ2v) is 4.17. The molecule has 0 amide bonds. The number of methoxy groups -OCH3 is 1. The predicted molar refractivity (Wildman–Crippen MR) is 61.1 cm³/mol. The average molecular weight is 230 g/mol. The minimum atomic E-state index is 0.774. The second-order valence-electron chi connectivity index (χ2n) is 3.11. The van der Waals surface area contributed by atoms with Crippen LogP contribution in [0.15, 0.2) is 11.5 Å². The Balaban J connectivity index is 1.96. The van der Waals surface area contributed by atoms with Gasteiger partial charge >= 0.3 is 0 Å². The highest BCUT2D eigenvalue weighted by molar-refractivity contribution is 7.99. The molecule has 0 spiro atoms. The smallest absolute Gasteiger partial charge is 0.185 e. The number of aromatic nitrogens is 3. The summed E-state index contributed by atoms with van der Waals surface area (Å²) in [4.78, 5) is 4.14. The quantitative estimate of drug-likeness (QED) is 0.521. The maximum Gasteiger partial charge on any atom is 0.185 e. The van der Waals surface area contributed by atoms with E-state index in [2.05, 4.69) is 15.4 Å². The van der Waals surface area contributed by atoms with Crippen molar-refractivity contribution in [1.29, 1.82) is 0 Å². The van der Waals surface area contributed by atoms with Gasteiger partial charge in [0.1, 0.15) is 6.33 Å². The van der Waals surface area contributed by atoms with Crippen molar-refractivity contribution in [3.63, 3.8) is 0 Å². The van der Waals surface area contributed by atoms with Crippen LogP contribution < -0.4 is 5.32 Å². The Morgan fingerprint density at radius 3 is 3.07 bits per heavy atom. The van der Waals surface area contributed by atoms with Gasteiger partial charge < -0.3 is 10.1 Å². The molecule has 5 nitrogen and oxygen atoms in total. The number of ether oxygens (including phenoxy) is 1. The van der Waals surface area contributed by atoms with Crippen molar-refractivity contribution < 1.29 is 4.74 Å². The number of hydrogen-bond acceptors (Lipinski definition) is 5. The van der Waals surface area contributed by atoms with E-state index in [0.717, 1.165) is 37.0 Å². The summed E-state index contributed by atoms with van der Waals surface area (Å²) in [6, 6.07) is 0. The minimum Gasteiger partial charge on any atom is -0.383 e. The largest absolute Gasteiger partial charge is 0.383 e. The topological polar surface area (TPSA) is 52.0 Å². The van der Waals surface area contributed by atoms with Gasteiger partial charge in [-0.3, -0.25) is 0 Å². The molecule has 86 valence electrons. The molecular weight excluding hydrogens is 212 g/mol. The van der Waals surface area contributed by atoms with E-state index >= 15 is 0 Å². The molecule has 1 rings (SSSR count). The molecule has 0 radical (unpaired) electrons. The Morgan fingerprint density at radius 2 is 2.40 bits per heavy atom. The Morgan fingerprint density at radius 1 is 1.53 bits per heavy atom. The molecule has 1 aromatic rings. The number of hydrogen-bond donors (Lipinski definition) is 1. The molecule has 1 N–H and O–H groups in total. The molecule has 1 heterocycles. The van der Waals surface area contributed by atoms with Crippen molar-refractivity contribution in [3.8, 4) is 0 Å². The molecule has 0 bridgehead atoms. The highest BCUT2D eigenvalue weighted by Gasteiger charge is 1.99. The first-order chi connectivity index (χ1) is 7.34.